The first-order valence-corrected chi connectivity index (χ1v) is 4.46. The molecule has 0 bridgehead atoms. The molecular weight excluding hydrogens is 206 g/mol. The van der Waals surface area contributed by atoms with Gasteiger partial charge in [-0.15, -0.1) is 0 Å². The zero-order valence-electron chi connectivity index (χ0n) is 8.65. The molecule has 0 radical (unpaired) electrons. The van der Waals surface area contributed by atoms with Crippen molar-refractivity contribution >= 4 is 5.97 Å². The zero-order chi connectivity index (χ0) is 12.0. The van der Waals surface area contributed by atoms with Gasteiger partial charge < -0.3 is 9.84 Å². The minimum Gasteiger partial charge on any atom is -0.507 e. The maximum atomic E-state index is 10.8. The van der Waals surface area contributed by atoms with E-state index in [1.807, 2.05) is 6.07 Å². The van der Waals surface area contributed by atoms with Crippen molar-refractivity contribution in [2.24, 2.45) is 0 Å². The summed E-state index contributed by atoms with van der Waals surface area (Å²) in [5, 5.41) is 18.1. The molecule has 1 rings (SSSR count). The minimum absolute atomic E-state index is 0.0173. The van der Waals surface area contributed by atoms with Crippen molar-refractivity contribution in [3.8, 4) is 23.7 Å². The van der Waals surface area contributed by atoms with E-state index in [-0.39, 0.29) is 12.2 Å². The van der Waals surface area contributed by atoms with E-state index in [2.05, 4.69) is 16.6 Å². The zero-order valence-corrected chi connectivity index (χ0v) is 8.65. The number of aromatic hydroxyl groups is 1. The first-order valence-electron chi connectivity index (χ1n) is 4.46. The van der Waals surface area contributed by atoms with E-state index in [0.717, 1.165) is 0 Å². The number of esters is 1. The number of hydrogen-bond donors (Lipinski definition) is 1. The molecule has 0 aliphatic rings. The van der Waals surface area contributed by atoms with Gasteiger partial charge in [0, 0.05) is 0 Å². The molecule has 80 valence electrons. The lowest BCUT2D eigenvalue weighted by atomic mass is 10.1. The molecule has 16 heavy (non-hydrogen) atoms. The van der Waals surface area contributed by atoms with Gasteiger partial charge in [0.1, 0.15) is 12.2 Å². The summed E-state index contributed by atoms with van der Waals surface area (Å²) in [6, 6.07) is 6.27. The van der Waals surface area contributed by atoms with Crippen molar-refractivity contribution in [1.82, 2.24) is 0 Å². The van der Waals surface area contributed by atoms with Crippen LogP contribution in [0.1, 0.15) is 17.5 Å². The highest BCUT2D eigenvalue weighted by atomic mass is 16.5. The summed E-state index contributed by atoms with van der Waals surface area (Å²) in [7, 11) is 1.28. The maximum Gasteiger partial charge on any atom is 0.317 e. The van der Waals surface area contributed by atoms with Crippen LogP contribution in [0.2, 0.25) is 0 Å². The molecule has 0 aliphatic carbocycles. The standard InChI is InChI=1S/C12H9NO3/c1-16-12(15)4-2-3-10-7-9(8-13)5-6-11(10)14/h5-7,14H,4H2,1H3. The molecule has 0 fully saturated rings. The van der Waals surface area contributed by atoms with Gasteiger partial charge in [-0.25, -0.2) is 0 Å². The highest BCUT2D eigenvalue weighted by Gasteiger charge is 1.99. The van der Waals surface area contributed by atoms with Gasteiger partial charge in [0.25, 0.3) is 0 Å². The fourth-order valence-corrected chi connectivity index (χ4v) is 0.989. The number of nitrogens with zero attached hydrogens (tertiary/aromatic N) is 1. The summed E-state index contributed by atoms with van der Waals surface area (Å²) in [6.45, 7) is 0. The molecule has 0 heterocycles. The van der Waals surface area contributed by atoms with Crippen molar-refractivity contribution in [3.63, 3.8) is 0 Å². The molecule has 0 unspecified atom stereocenters. The SMILES string of the molecule is COC(=O)CC#Cc1cc(C#N)ccc1O. The van der Waals surface area contributed by atoms with E-state index >= 15 is 0 Å². The molecule has 1 N–H and O–H groups in total. The highest BCUT2D eigenvalue weighted by molar-refractivity contribution is 5.72. The second-order valence-electron chi connectivity index (χ2n) is 2.90. The Bertz CT molecular complexity index is 503. The Hall–Kier alpha value is -2.46. The van der Waals surface area contributed by atoms with Crippen LogP contribution in [0.4, 0.5) is 0 Å². The van der Waals surface area contributed by atoms with Gasteiger partial charge in [-0.2, -0.15) is 5.26 Å². The molecule has 0 aliphatic heterocycles. The van der Waals surface area contributed by atoms with E-state index < -0.39 is 5.97 Å². The third-order valence-corrected chi connectivity index (χ3v) is 1.81. The van der Waals surface area contributed by atoms with Crippen LogP contribution in [0, 0.1) is 23.2 Å². The van der Waals surface area contributed by atoms with Crippen molar-refractivity contribution in [2.45, 2.75) is 6.42 Å². The number of benzene rings is 1. The summed E-state index contributed by atoms with van der Waals surface area (Å²) >= 11 is 0. The van der Waals surface area contributed by atoms with E-state index in [0.29, 0.717) is 11.1 Å². The number of phenols is 1. The number of carbonyl (C=O) groups excluding carboxylic acids is 1. The number of methoxy groups -OCH3 is 1. The molecule has 4 heteroatoms. The first kappa shape index (κ1) is 11.6. The van der Waals surface area contributed by atoms with Crippen LogP contribution in [0.15, 0.2) is 18.2 Å². The second-order valence-corrected chi connectivity index (χ2v) is 2.90. The van der Waals surface area contributed by atoms with Crippen LogP contribution in [-0.2, 0) is 9.53 Å². The lowest BCUT2D eigenvalue weighted by molar-refractivity contribution is -0.139. The predicted molar refractivity (Wildman–Crippen MR) is 56.3 cm³/mol. The number of phenolic OH excluding ortho intramolecular Hbond substituents is 1. The minimum atomic E-state index is -0.441. The van der Waals surface area contributed by atoms with Gasteiger partial charge in [0.2, 0.25) is 0 Å². The number of ether oxygens (including phenoxy) is 1. The molecule has 0 amide bonds. The van der Waals surface area contributed by atoms with Gasteiger partial charge in [-0.05, 0) is 18.2 Å². The monoisotopic (exact) mass is 215 g/mol. The normalized spacial score (nSPS) is 8.50. The van der Waals surface area contributed by atoms with Crippen LogP contribution in [-0.4, -0.2) is 18.2 Å². The van der Waals surface area contributed by atoms with Crippen LogP contribution < -0.4 is 0 Å². The largest absolute Gasteiger partial charge is 0.507 e. The first-order chi connectivity index (χ1) is 7.67. The summed E-state index contributed by atoms with van der Waals surface area (Å²) in [4.78, 5) is 10.8. The van der Waals surface area contributed by atoms with Crippen LogP contribution in [0.5, 0.6) is 5.75 Å². The van der Waals surface area contributed by atoms with Gasteiger partial charge in [0.05, 0.1) is 24.3 Å². The third-order valence-electron chi connectivity index (χ3n) is 1.81. The summed E-state index contributed by atoms with van der Waals surface area (Å²) in [5.41, 5.74) is 0.725. The van der Waals surface area contributed by atoms with Crippen LogP contribution in [0.25, 0.3) is 0 Å². The lowest BCUT2D eigenvalue weighted by Crippen LogP contribution is -1.97. The molecule has 0 aromatic heterocycles. The van der Waals surface area contributed by atoms with Gasteiger partial charge in [-0.3, -0.25) is 4.79 Å². The number of carbonyl (C=O) groups is 1. The second kappa shape index (κ2) is 5.43. The molecule has 1 aromatic carbocycles. The molecule has 0 spiro atoms. The van der Waals surface area contributed by atoms with Crippen molar-refractivity contribution in [2.75, 3.05) is 7.11 Å². The highest BCUT2D eigenvalue weighted by Crippen LogP contribution is 2.16. The average Bonchev–Trinajstić information content (AvgIpc) is 2.31. The fraction of sp³-hybridized carbons (Fsp3) is 0.167. The molecular formula is C12H9NO3. The number of rotatable bonds is 1. The Kier molecular flexibility index (Phi) is 3.94. The maximum absolute atomic E-state index is 10.8. The van der Waals surface area contributed by atoms with Crippen molar-refractivity contribution < 1.29 is 14.6 Å². The van der Waals surface area contributed by atoms with Gasteiger partial charge in [-0.1, -0.05) is 11.8 Å². The number of hydrogen-bond acceptors (Lipinski definition) is 4. The summed E-state index contributed by atoms with van der Waals surface area (Å²) in [6.07, 6.45) is -0.0489. The Morgan fingerprint density at radius 3 is 2.94 bits per heavy atom. The van der Waals surface area contributed by atoms with E-state index in [1.54, 1.807) is 0 Å². The van der Waals surface area contributed by atoms with E-state index in [1.165, 1.54) is 25.3 Å². The fourth-order valence-electron chi connectivity index (χ4n) is 0.989. The molecule has 0 atom stereocenters. The van der Waals surface area contributed by atoms with Crippen LogP contribution in [0.3, 0.4) is 0 Å². The molecule has 0 saturated carbocycles. The molecule has 1 aromatic rings. The van der Waals surface area contributed by atoms with E-state index in [9.17, 15) is 9.90 Å². The topological polar surface area (TPSA) is 70.3 Å². The predicted octanol–water partition coefficient (Wildman–Crippen LogP) is 1.18. The van der Waals surface area contributed by atoms with E-state index in [4.69, 9.17) is 5.26 Å². The van der Waals surface area contributed by atoms with Crippen molar-refractivity contribution in [1.29, 1.82) is 5.26 Å². The van der Waals surface area contributed by atoms with Gasteiger partial charge >= 0.3 is 5.97 Å². The quantitative estimate of drug-likeness (QED) is 0.564. The summed E-state index contributed by atoms with van der Waals surface area (Å²) in [5.74, 6) is 4.69. The molecule has 4 nitrogen and oxygen atoms in total. The average molecular weight is 215 g/mol. The molecule has 0 saturated heterocycles. The van der Waals surface area contributed by atoms with Crippen molar-refractivity contribution in [3.05, 3.63) is 29.3 Å². The Balaban J connectivity index is 2.88. The smallest absolute Gasteiger partial charge is 0.317 e. The third kappa shape index (κ3) is 3.04. The summed E-state index contributed by atoms with van der Waals surface area (Å²) < 4.78 is 4.41. The lowest BCUT2D eigenvalue weighted by Gasteiger charge is -1.96. The van der Waals surface area contributed by atoms with Crippen LogP contribution >= 0.6 is 0 Å². The van der Waals surface area contributed by atoms with Gasteiger partial charge in [0.15, 0.2) is 0 Å². The Morgan fingerprint density at radius 2 is 2.31 bits per heavy atom. The number of nitriles is 1. The Morgan fingerprint density at radius 1 is 1.56 bits per heavy atom. The Labute approximate surface area is 93.1 Å².